The quantitative estimate of drug-likeness (QED) is 0.510. The highest BCUT2D eigenvalue weighted by Gasteiger charge is 2.18. The van der Waals surface area contributed by atoms with Gasteiger partial charge in [-0.25, -0.2) is 9.78 Å². The molecule has 1 aromatic heterocycles. The molecule has 166 valence electrons. The Morgan fingerprint density at radius 2 is 1.81 bits per heavy atom. The van der Waals surface area contributed by atoms with E-state index in [-0.39, 0.29) is 12.3 Å². The minimum absolute atomic E-state index is 0.0731. The van der Waals surface area contributed by atoms with Crippen LogP contribution in [0.3, 0.4) is 0 Å². The van der Waals surface area contributed by atoms with Crippen molar-refractivity contribution in [2.45, 2.75) is 12.5 Å². The van der Waals surface area contributed by atoms with Crippen LogP contribution in [0, 0.1) is 0 Å². The predicted molar refractivity (Wildman–Crippen MR) is 126 cm³/mol. The minimum Gasteiger partial charge on any atom is -0.378 e. The number of urea groups is 1. The topological polar surface area (TPSA) is 110 Å². The Morgan fingerprint density at radius 1 is 1.09 bits per heavy atom. The van der Waals surface area contributed by atoms with Crippen molar-refractivity contribution in [3.05, 3.63) is 65.5 Å². The lowest BCUT2D eigenvalue weighted by Crippen LogP contribution is -2.36. The second kappa shape index (κ2) is 10.3. The highest BCUT2D eigenvalue weighted by atomic mass is 32.1. The Labute approximate surface area is 190 Å². The monoisotopic (exact) mass is 451 g/mol. The summed E-state index contributed by atoms with van der Waals surface area (Å²) >= 11 is 1.62. The first-order valence-corrected chi connectivity index (χ1v) is 11.3. The second-order valence-electron chi connectivity index (χ2n) is 7.42. The van der Waals surface area contributed by atoms with Crippen LogP contribution in [-0.2, 0) is 9.53 Å². The molecule has 0 bridgehead atoms. The lowest BCUT2D eigenvalue weighted by Gasteiger charge is -2.26. The Balaban J connectivity index is 1.38. The molecule has 1 fully saturated rings. The fourth-order valence-electron chi connectivity index (χ4n) is 3.53. The van der Waals surface area contributed by atoms with E-state index in [1.54, 1.807) is 11.3 Å². The van der Waals surface area contributed by atoms with E-state index in [1.807, 2.05) is 60.0 Å². The number of amides is 3. The van der Waals surface area contributed by atoms with Gasteiger partial charge >= 0.3 is 6.03 Å². The standard InChI is InChI=1S/C23H25N5O3S/c24-22(30)26-19(16-4-2-1-3-5-16)14-21(29)25-18-8-6-17(7-9-18)20-15-32-23(27-20)28-10-12-31-13-11-28/h1-9,15,19H,10-14H2,(H,25,29)(H3,24,26,30)/t19-/m0/s1. The average molecular weight is 452 g/mol. The van der Waals surface area contributed by atoms with Crippen molar-refractivity contribution in [3.8, 4) is 11.3 Å². The van der Waals surface area contributed by atoms with Crippen LogP contribution in [-0.4, -0.2) is 43.2 Å². The molecule has 9 heteroatoms. The van der Waals surface area contributed by atoms with Crippen LogP contribution >= 0.6 is 11.3 Å². The number of carbonyl (C=O) groups is 2. The summed E-state index contributed by atoms with van der Waals surface area (Å²) in [7, 11) is 0. The molecule has 3 amide bonds. The molecule has 3 aromatic rings. The number of carbonyl (C=O) groups excluding carboxylic acids is 2. The van der Waals surface area contributed by atoms with Gasteiger partial charge in [0, 0.05) is 29.7 Å². The van der Waals surface area contributed by atoms with Gasteiger partial charge in [0.05, 0.1) is 31.4 Å². The van der Waals surface area contributed by atoms with Gasteiger partial charge in [-0.1, -0.05) is 42.5 Å². The Hall–Kier alpha value is -3.43. The van der Waals surface area contributed by atoms with E-state index in [9.17, 15) is 9.59 Å². The molecule has 0 aliphatic carbocycles. The number of benzene rings is 2. The molecule has 32 heavy (non-hydrogen) atoms. The van der Waals surface area contributed by atoms with Crippen LogP contribution in [0.1, 0.15) is 18.0 Å². The fraction of sp³-hybridized carbons (Fsp3) is 0.261. The molecule has 0 radical (unpaired) electrons. The zero-order valence-electron chi connectivity index (χ0n) is 17.5. The molecule has 0 saturated carbocycles. The third-order valence-electron chi connectivity index (χ3n) is 5.15. The minimum atomic E-state index is -0.671. The lowest BCUT2D eigenvalue weighted by atomic mass is 10.0. The molecule has 8 nitrogen and oxygen atoms in total. The number of aromatic nitrogens is 1. The van der Waals surface area contributed by atoms with Crippen molar-refractivity contribution >= 4 is 34.1 Å². The Kier molecular flexibility index (Phi) is 6.98. The molecule has 4 rings (SSSR count). The summed E-state index contributed by atoms with van der Waals surface area (Å²) in [5.41, 5.74) is 8.66. The molecule has 1 atom stereocenters. The smallest absolute Gasteiger partial charge is 0.312 e. The Bertz CT molecular complexity index is 1050. The van der Waals surface area contributed by atoms with Gasteiger partial charge in [0.15, 0.2) is 5.13 Å². The van der Waals surface area contributed by atoms with Crippen molar-refractivity contribution in [3.63, 3.8) is 0 Å². The summed E-state index contributed by atoms with van der Waals surface area (Å²) in [6.07, 6.45) is 0.0731. The largest absolute Gasteiger partial charge is 0.378 e. The van der Waals surface area contributed by atoms with Gasteiger partial charge in [-0.15, -0.1) is 11.3 Å². The summed E-state index contributed by atoms with van der Waals surface area (Å²) < 4.78 is 5.40. The molecular weight excluding hydrogens is 426 g/mol. The average Bonchev–Trinajstić information content (AvgIpc) is 3.30. The van der Waals surface area contributed by atoms with Crippen LogP contribution in [0.4, 0.5) is 15.6 Å². The number of nitrogens with zero attached hydrogens (tertiary/aromatic N) is 2. The van der Waals surface area contributed by atoms with E-state index in [0.29, 0.717) is 5.69 Å². The summed E-state index contributed by atoms with van der Waals surface area (Å²) in [6.45, 7) is 3.16. The van der Waals surface area contributed by atoms with Gasteiger partial charge in [0.1, 0.15) is 0 Å². The summed E-state index contributed by atoms with van der Waals surface area (Å²) in [6, 6.07) is 15.7. The third-order valence-corrected chi connectivity index (χ3v) is 6.05. The number of ether oxygens (including phenoxy) is 1. The molecular formula is C23H25N5O3S. The second-order valence-corrected chi connectivity index (χ2v) is 8.25. The number of primary amides is 1. The number of hydrogen-bond donors (Lipinski definition) is 3. The van der Waals surface area contributed by atoms with Gasteiger partial charge in [-0.2, -0.15) is 0 Å². The first kappa shape index (κ1) is 21.8. The van der Waals surface area contributed by atoms with Gasteiger partial charge < -0.3 is 26.0 Å². The molecule has 1 aliphatic heterocycles. The number of morpholine rings is 1. The predicted octanol–water partition coefficient (Wildman–Crippen LogP) is 3.38. The molecule has 0 unspecified atom stereocenters. The molecule has 2 heterocycles. The Morgan fingerprint density at radius 3 is 2.50 bits per heavy atom. The first-order chi connectivity index (χ1) is 15.6. The molecule has 1 aliphatic rings. The van der Waals surface area contributed by atoms with Crippen LogP contribution in [0.15, 0.2) is 60.0 Å². The van der Waals surface area contributed by atoms with Crippen LogP contribution < -0.4 is 21.3 Å². The van der Waals surface area contributed by atoms with E-state index in [4.69, 9.17) is 15.5 Å². The lowest BCUT2D eigenvalue weighted by molar-refractivity contribution is -0.116. The van der Waals surface area contributed by atoms with E-state index in [0.717, 1.165) is 48.3 Å². The SMILES string of the molecule is NC(=O)N[C@@H](CC(=O)Nc1ccc(-c2csc(N3CCOCC3)n2)cc1)c1ccccc1. The molecule has 4 N–H and O–H groups in total. The van der Waals surface area contributed by atoms with Gasteiger partial charge in [-0.05, 0) is 17.7 Å². The summed E-state index contributed by atoms with van der Waals surface area (Å²) in [5.74, 6) is -0.219. The molecule has 2 aromatic carbocycles. The maximum atomic E-state index is 12.6. The molecule has 0 spiro atoms. The number of hydrogen-bond acceptors (Lipinski definition) is 6. The van der Waals surface area contributed by atoms with Gasteiger partial charge in [0.2, 0.25) is 5.91 Å². The number of rotatable bonds is 7. The van der Waals surface area contributed by atoms with Crippen molar-refractivity contribution < 1.29 is 14.3 Å². The highest BCUT2D eigenvalue weighted by molar-refractivity contribution is 7.14. The number of nitrogens with one attached hydrogen (secondary N) is 2. The van der Waals surface area contributed by atoms with Gasteiger partial charge in [-0.3, -0.25) is 4.79 Å². The van der Waals surface area contributed by atoms with Gasteiger partial charge in [0.25, 0.3) is 0 Å². The zero-order valence-corrected chi connectivity index (χ0v) is 18.3. The van der Waals surface area contributed by atoms with Crippen molar-refractivity contribution in [2.24, 2.45) is 5.73 Å². The maximum Gasteiger partial charge on any atom is 0.312 e. The van der Waals surface area contributed by atoms with Crippen LogP contribution in [0.2, 0.25) is 0 Å². The summed E-state index contributed by atoms with van der Waals surface area (Å²) in [4.78, 5) is 30.9. The first-order valence-electron chi connectivity index (χ1n) is 10.4. The van der Waals surface area contributed by atoms with Crippen LogP contribution in [0.5, 0.6) is 0 Å². The number of anilines is 2. The maximum absolute atomic E-state index is 12.6. The van der Waals surface area contributed by atoms with Crippen LogP contribution in [0.25, 0.3) is 11.3 Å². The van der Waals surface area contributed by atoms with E-state index in [2.05, 4.69) is 15.5 Å². The van der Waals surface area contributed by atoms with Crippen molar-refractivity contribution in [1.82, 2.24) is 10.3 Å². The van der Waals surface area contributed by atoms with E-state index >= 15 is 0 Å². The van der Waals surface area contributed by atoms with Crippen molar-refractivity contribution in [1.29, 1.82) is 0 Å². The van der Waals surface area contributed by atoms with E-state index in [1.165, 1.54) is 0 Å². The molecule has 1 saturated heterocycles. The van der Waals surface area contributed by atoms with E-state index < -0.39 is 12.1 Å². The summed E-state index contributed by atoms with van der Waals surface area (Å²) in [5, 5.41) is 8.55. The van der Waals surface area contributed by atoms with Crippen molar-refractivity contribution in [2.75, 3.05) is 36.5 Å². The fourth-order valence-corrected chi connectivity index (χ4v) is 4.42. The highest BCUT2D eigenvalue weighted by Crippen LogP contribution is 2.29. The zero-order chi connectivity index (χ0) is 22.3. The number of thiazole rings is 1. The normalized spacial score (nSPS) is 14.6. The number of nitrogens with two attached hydrogens (primary N) is 1. The third kappa shape index (κ3) is 5.63.